The Balaban J connectivity index is 1.70. The van der Waals surface area contributed by atoms with Crippen LogP contribution in [0, 0.1) is 0 Å². The Labute approximate surface area is 155 Å². The van der Waals surface area contributed by atoms with E-state index in [0.29, 0.717) is 22.1 Å². The SMILES string of the molecule is COc1ccc(NC2=N[C@@H](C(=O)Nc3ccc(Cl)cc3)CC(=O)N2)cc1. The highest BCUT2D eigenvalue weighted by atomic mass is 35.5. The van der Waals surface area contributed by atoms with Gasteiger partial charge in [0.15, 0.2) is 0 Å². The molecule has 0 spiro atoms. The highest BCUT2D eigenvalue weighted by Crippen LogP contribution is 2.17. The number of nitrogens with zero attached hydrogens (tertiary/aromatic N) is 1. The third-order valence-electron chi connectivity index (χ3n) is 3.69. The summed E-state index contributed by atoms with van der Waals surface area (Å²) in [5.41, 5.74) is 1.30. The van der Waals surface area contributed by atoms with Crippen molar-refractivity contribution >= 4 is 40.7 Å². The van der Waals surface area contributed by atoms with Gasteiger partial charge in [-0.25, -0.2) is 4.99 Å². The van der Waals surface area contributed by atoms with Crippen molar-refractivity contribution in [2.75, 3.05) is 17.7 Å². The molecule has 0 bridgehead atoms. The van der Waals surface area contributed by atoms with Crippen LogP contribution in [0.4, 0.5) is 11.4 Å². The van der Waals surface area contributed by atoms with Crippen molar-refractivity contribution in [3.05, 3.63) is 53.6 Å². The van der Waals surface area contributed by atoms with E-state index in [1.807, 2.05) is 0 Å². The van der Waals surface area contributed by atoms with Crippen LogP contribution in [0.2, 0.25) is 5.02 Å². The van der Waals surface area contributed by atoms with Crippen LogP contribution >= 0.6 is 11.6 Å². The van der Waals surface area contributed by atoms with E-state index in [2.05, 4.69) is 20.9 Å². The van der Waals surface area contributed by atoms with Crippen LogP contribution in [-0.4, -0.2) is 30.9 Å². The van der Waals surface area contributed by atoms with Crippen molar-refractivity contribution in [1.29, 1.82) is 0 Å². The molecule has 3 rings (SSSR count). The Hall–Kier alpha value is -3.06. The minimum Gasteiger partial charge on any atom is -0.497 e. The topological polar surface area (TPSA) is 91.8 Å². The maximum absolute atomic E-state index is 12.4. The first-order valence-corrected chi connectivity index (χ1v) is 8.26. The third kappa shape index (κ3) is 4.52. The van der Waals surface area contributed by atoms with Gasteiger partial charge >= 0.3 is 0 Å². The zero-order chi connectivity index (χ0) is 18.5. The minimum absolute atomic E-state index is 0.0206. The van der Waals surface area contributed by atoms with Gasteiger partial charge in [0.2, 0.25) is 17.8 Å². The summed E-state index contributed by atoms with van der Waals surface area (Å²) in [6, 6.07) is 13.0. The fourth-order valence-electron chi connectivity index (χ4n) is 2.38. The minimum atomic E-state index is -0.819. The van der Waals surface area contributed by atoms with E-state index in [4.69, 9.17) is 16.3 Å². The molecular weight excluding hydrogens is 356 g/mol. The Morgan fingerprint density at radius 2 is 1.81 bits per heavy atom. The Morgan fingerprint density at radius 1 is 1.15 bits per heavy atom. The van der Waals surface area contributed by atoms with E-state index in [9.17, 15) is 9.59 Å². The van der Waals surface area contributed by atoms with Gasteiger partial charge < -0.3 is 15.4 Å². The number of amides is 2. The zero-order valence-electron chi connectivity index (χ0n) is 14.0. The Kier molecular flexibility index (Phi) is 5.38. The molecule has 1 aliphatic rings. The van der Waals surface area contributed by atoms with Crippen molar-refractivity contribution in [1.82, 2.24) is 5.32 Å². The molecule has 0 saturated heterocycles. The van der Waals surface area contributed by atoms with E-state index >= 15 is 0 Å². The molecule has 2 amide bonds. The van der Waals surface area contributed by atoms with Crippen molar-refractivity contribution in [3.63, 3.8) is 0 Å². The van der Waals surface area contributed by atoms with Crippen LogP contribution in [0.15, 0.2) is 53.5 Å². The lowest BCUT2D eigenvalue weighted by molar-refractivity contribution is -0.124. The highest BCUT2D eigenvalue weighted by Gasteiger charge is 2.27. The standard InChI is InChI=1S/C18H17ClN4O3/c1-26-14-8-6-13(7-9-14)21-18-22-15(10-16(24)23-18)17(25)20-12-4-2-11(19)3-5-12/h2-9,15H,10H2,1H3,(H,20,25)(H2,21,22,23,24)/t15-/m1/s1. The third-order valence-corrected chi connectivity index (χ3v) is 3.94. The number of hydrogen-bond acceptors (Lipinski definition) is 5. The lowest BCUT2D eigenvalue weighted by Gasteiger charge is -2.21. The summed E-state index contributed by atoms with van der Waals surface area (Å²) >= 11 is 5.83. The normalized spacial score (nSPS) is 16.3. The predicted molar refractivity (Wildman–Crippen MR) is 101 cm³/mol. The van der Waals surface area contributed by atoms with E-state index in [-0.39, 0.29) is 24.2 Å². The van der Waals surface area contributed by atoms with Crippen LogP contribution in [-0.2, 0) is 9.59 Å². The van der Waals surface area contributed by atoms with Crippen LogP contribution in [0.1, 0.15) is 6.42 Å². The molecule has 0 aromatic heterocycles. The number of guanidine groups is 1. The molecule has 2 aromatic carbocycles. The first-order valence-electron chi connectivity index (χ1n) is 7.88. The summed E-state index contributed by atoms with van der Waals surface area (Å²) in [5, 5.41) is 8.91. The number of anilines is 2. The number of rotatable bonds is 4. The second-order valence-corrected chi connectivity index (χ2v) is 6.03. The zero-order valence-corrected chi connectivity index (χ0v) is 14.7. The van der Waals surface area contributed by atoms with Crippen LogP contribution in [0.5, 0.6) is 5.75 Å². The number of halogens is 1. The van der Waals surface area contributed by atoms with E-state index in [0.717, 1.165) is 0 Å². The number of ether oxygens (including phenoxy) is 1. The maximum atomic E-state index is 12.4. The summed E-state index contributed by atoms with van der Waals surface area (Å²) < 4.78 is 5.10. The molecule has 8 heteroatoms. The lowest BCUT2D eigenvalue weighted by Crippen LogP contribution is -2.45. The van der Waals surface area contributed by atoms with Gasteiger partial charge in [-0.3, -0.25) is 14.9 Å². The number of carbonyl (C=O) groups excluding carboxylic acids is 2. The second-order valence-electron chi connectivity index (χ2n) is 5.60. The first kappa shape index (κ1) is 17.8. The number of aliphatic imine (C=N–C) groups is 1. The smallest absolute Gasteiger partial charge is 0.249 e. The first-order chi connectivity index (χ1) is 12.5. The molecule has 1 heterocycles. The van der Waals surface area contributed by atoms with Crippen LogP contribution in [0.25, 0.3) is 0 Å². The number of benzene rings is 2. The van der Waals surface area contributed by atoms with Gasteiger partial charge in [-0.1, -0.05) is 11.6 Å². The average Bonchev–Trinajstić information content (AvgIpc) is 2.64. The molecule has 0 saturated carbocycles. The fourth-order valence-corrected chi connectivity index (χ4v) is 2.50. The molecule has 1 aliphatic heterocycles. The molecule has 3 N–H and O–H groups in total. The van der Waals surface area contributed by atoms with Crippen LogP contribution in [0.3, 0.4) is 0 Å². The summed E-state index contributed by atoms with van der Waals surface area (Å²) in [5.74, 6) is 0.288. The molecule has 1 atom stereocenters. The lowest BCUT2D eigenvalue weighted by atomic mass is 10.1. The monoisotopic (exact) mass is 372 g/mol. The maximum Gasteiger partial charge on any atom is 0.249 e. The van der Waals surface area contributed by atoms with E-state index in [1.54, 1.807) is 55.6 Å². The molecule has 134 valence electrons. The molecular formula is C18H17ClN4O3. The number of methoxy groups -OCH3 is 1. The van der Waals surface area contributed by atoms with E-state index in [1.165, 1.54) is 0 Å². The molecule has 7 nitrogen and oxygen atoms in total. The van der Waals surface area contributed by atoms with Gasteiger partial charge in [0.05, 0.1) is 13.5 Å². The van der Waals surface area contributed by atoms with Gasteiger partial charge in [0.1, 0.15) is 11.8 Å². The van der Waals surface area contributed by atoms with Gasteiger partial charge in [0.25, 0.3) is 0 Å². The van der Waals surface area contributed by atoms with Gasteiger partial charge in [-0.2, -0.15) is 0 Å². The summed E-state index contributed by atoms with van der Waals surface area (Å²) in [6.45, 7) is 0. The Morgan fingerprint density at radius 3 is 2.46 bits per heavy atom. The average molecular weight is 373 g/mol. The quantitative estimate of drug-likeness (QED) is 0.769. The van der Waals surface area contributed by atoms with Crippen molar-refractivity contribution in [2.45, 2.75) is 12.5 Å². The second kappa shape index (κ2) is 7.88. The van der Waals surface area contributed by atoms with Gasteiger partial charge in [-0.05, 0) is 48.5 Å². The molecule has 0 aliphatic carbocycles. The summed E-state index contributed by atoms with van der Waals surface area (Å²) in [4.78, 5) is 28.6. The molecule has 0 fully saturated rings. The number of hydrogen-bond donors (Lipinski definition) is 3. The van der Waals surface area contributed by atoms with Gasteiger partial charge in [-0.15, -0.1) is 0 Å². The highest BCUT2D eigenvalue weighted by molar-refractivity contribution is 6.30. The number of nitrogens with one attached hydrogen (secondary N) is 3. The molecule has 26 heavy (non-hydrogen) atoms. The number of carbonyl (C=O) groups is 2. The largest absolute Gasteiger partial charge is 0.497 e. The van der Waals surface area contributed by atoms with Crippen molar-refractivity contribution in [2.24, 2.45) is 4.99 Å². The Bertz CT molecular complexity index is 835. The molecule has 0 unspecified atom stereocenters. The molecule has 2 aromatic rings. The summed E-state index contributed by atoms with van der Waals surface area (Å²) in [6.07, 6.45) is -0.0206. The van der Waals surface area contributed by atoms with E-state index < -0.39 is 6.04 Å². The van der Waals surface area contributed by atoms with Crippen LogP contribution < -0.4 is 20.7 Å². The summed E-state index contributed by atoms with van der Waals surface area (Å²) in [7, 11) is 1.58. The van der Waals surface area contributed by atoms with Gasteiger partial charge in [0, 0.05) is 16.4 Å². The van der Waals surface area contributed by atoms with Crippen molar-refractivity contribution in [3.8, 4) is 5.75 Å². The predicted octanol–water partition coefficient (Wildman–Crippen LogP) is 2.64. The fraction of sp³-hybridized carbons (Fsp3) is 0.167. The van der Waals surface area contributed by atoms with Crippen molar-refractivity contribution < 1.29 is 14.3 Å². The molecule has 0 radical (unpaired) electrons.